The van der Waals surface area contributed by atoms with E-state index in [1.807, 2.05) is 12.1 Å². The number of carbonyl (C=O) groups excluding carboxylic acids is 3. The lowest BCUT2D eigenvalue weighted by Gasteiger charge is -2.19. The van der Waals surface area contributed by atoms with Gasteiger partial charge in [0, 0.05) is 12.0 Å². The van der Waals surface area contributed by atoms with Gasteiger partial charge in [-0.25, -0.2) is 0 Å². The molecule has 1 saturated carbocycles. The number of hydrogen-bond donors (Lipinski definition) is 1. The molecule has 5 heteroatoms. The van der Waals surface area contributed by atoms with Gasteiger partial charge in [-0.05, 0) is 41.9 Å². The van der Waals surface area contributed by atoms with Gasteiger partial charge < -0.3 is 4.74 Å². The van der Waals surface area contributed by atoms with Gasteiger partial charge in [0.1, 0.15) is 0 Å². The molecule has 0 aromatic heterocycles. The predicted molar refractivity (Wildman–Crippen MR) is 95.1 cm³/mol. The normalized spacial score (nSPS) is 15.0. The third kappa shape index (κ3) is 6.00. The lowest BCUT2D eigenvalue weighted by Crippen LogP contribution is -2.34. The van der Waals surface area contributed by atoms with Gasteiger partial charge >= 0.3 is 5.97 Å². The number of carbonyl (C=O) groups is 3. The van der Waals surface area contributed by atoms with E-state index in [1.54, 1.807) is 12.1 Å². The predicted octanol–water partition coefficient (Wildman–Crippen LogP) is 3.36. The molecular weight excluding hydrogens is 318 g/mol. The van der Waals surface area contributed by atoms with Crippen molar-refractivity contribution in [1.82, 2.24) is 5.32 Å². The summed E-state index contributed by atoms with van der Waals surface area (Å²) in [4.78, 5) is 35.6. The zero-order valence-electron chi connectivity index (χ0n) is 15.3. The highest BCUT2D eigenvalue weighted by Gasteiger charge is 2.20. The molecule has 5 nitrogen and oxygen atoms in total. The van der Waals surface area contributed by atoms with Crippen LogP contribution < -0.4 is 5.32 Å². The van der Waals surface area contributed by atoms with Crippen LogP contribution in [0.5, 0.6) is 0 Å². The topological polar surface area (TPSA) is 72.5 Å². The van der Waals surface area contributed by atoms with Crippen LogP contribution in [0.3, 0.4) is 0 Å². The van der Waals surface area contributed by atoms with Crippen LogP contribution in [-0.4, -0.2) is 24.4 Å². The minimum atomic E-state index is -0.607. The maximum absolute atomic E-state index is 12.1. The molecular formula is C20H27NO4. The van der Waals surface area contributed by atoms with Crippen molar-refractivity contribution in [2.45, 2.75) is 58.3 Å². The Morgan fingerprint density at radius 2 is 1.68 bits per heavy atom. The lowest BCUT2D eigenvalue weighted by molar-refractivity contribution is -0.149. The van der Waals surface area contributed by atoms with Crippen LogP contribution in [0.4, 0.5) is 0 Å². The van der Waals surface area contributed by atoms with Crippen molar-refractivity contribution in [3.8, 4) is 0 Å². The molecule has 1 aromatic carbocycles. The van der Waals surface area contributed by atoms with Crippen LogP contribution in [0.2, 0.25) is 0 Å². The first-order valence-electron chi connectivity index (χ1n) is 8.86. The summed E-state index contributed by atoms with van der Waals surface area (Å²) in [7, 11) is 0. The van der Waals surface area contributed by atoms with E-state index >= 15 is 0 Å². The maximum Gasteiger partial charge on any atom is 0.306 e. The number of rotatable bonds is 5. The zero-order chi connectivity index (χ0) is 18.4. The van der Waals surface area contributed by atoms with Crippen LogP contribution in [0.25, 0.3) is 0 Å². The molecule has 1 aromatic rings. The van der Waals surface area contributed by atoms with Crippen molar-refractivity contribution < 1.29 is 19.1 Å². The van der Waals surface area contributed by atoms with Gasteiger partial charge in [-0.1, -0.05) is 45.7 Å². The van der Waals surface area contributed by atoms with E-state index in [0.29, 0.717) is 17.9 Å². The second kappa shape index (κ2) is 8.28. The highest BCUT2D eigenvalue weighted by Crippen LogP contribution is 2.27. The average molecular weight is 345 g/mol. The zero-order valence-corrected chi connectivity index (χ0v) is 15.3. The van der Waals surface area contributed by atoms with Crippen molar-refractivity contribution in [2.75, 3.05) is 6.61 Å². The van der Waals surface area contributed by atoms with Crippen LogP contribution in [0, 0.1) is 5.92 Å². The van der Waals surface area contributed by atoms with Gasteiger partial charge in [0.15, 0.2) is 6.61 Å². The smallest absolute Gasteiger partial charge is 0.306 e. The first-order chi connectivity index (χ1) is 11.8. The highest BCUT2D eigenvalue weighted by atomic mass is 16.5. The Kier molecular flexibility index (Phi) is 6.34. The van der Waals surface area contributed by atoms with E-state index in [2.05, 4.69) is 26.1 Å². The highest BCUT2D eigenvalue weighted by molar-refractivity contribution is 6.05. The number of imide groups is 1. The van der Waals surface area contributed by atoms with Crippen molar-refractivity contribution in [1.29, 1.82) is 0 Å². The van der Waals surface area contributed by atoms with Crippen LogP contribution >= 0.6 is 0 Å². The third-order valence-electron chi connectivity index (χ3n) is 4.56. The van der Waals surface area contributed by atoms with Crippen LogP contribution in [0.1, 0.15) is 68.8 Å². The first-order valence-corrected chi connectivity index (χ1v) is 8.86. The minimum Gasteiger partial charge on any atom is -0.456 e. The van der Waals surface area contributed by atoms with Gasteiger partial charge in [0.05, 0.1) is 0 Å². The Labute approximate surface area is 149 Å². The van der Waals surface area contributed by atoms with E-state index < -0.39 is 18.4 Å². The molecule has 2 amide bonds. The molecule has 0 heterocycles. The van der Waals surface area contributed by atoms with E-state index in [-0.39, 0.29) is 11.4 Å². The summed E-state index contributed by atoms with van der Waals surface area (Å²) in [5.41, 5.74) is 1.51. The van der Waals surface area contributed by atoms with Crippen LogP contribution in [-0.2, 0) is 19.7 Å². The molecule has 1 aliphatic rings. The molecule has 1 N–H and O–H groups in total. The summed E-state index contributed by atoms with van der Waals surface area (Å²) < 4.78 is 4.96. The summed E-state index contributed by atoms with van der Waals surface area (Å²) in [5, 5.41) is 2.25. The lowest BCUT2D eigenvalue weighted by atomic mass is 9.87. The number of benzene rings is 1. The largest absolute Gasteiger partial charge is 0.456 e. The van der Waals surface area contributed by atoms with Crippen molar-refractivity contribution in [3.63, 3.8) is 0 Å². The average Bonchev–Trinajstić information content (AvgIpc) is 3.05. The fourth-order valence-electron chi connectivity index (χ4n) is 3.01. The molecule has 0 radical (unpaired) electrons. The van der Waals surface area contributed by atoms with Crippen molar-refractivity contribution >= 4 is 17.8 Å². The maximum atomic E-state index is 12.1. The molecule has 0 atom stereocenters. The van der Waals surface area contributed by atoms with E-state index in [0.717, 1.165) is 31.2 Å². The van der Waals surface area contributed by atoms with Gasteiger partial charge in [0.25, 0.3) is 11.8 Å². The van der Waals surface area contributed by atoms with Gasteiger partial charge in [-0.2, -0.15) is 0 Å². The summed E-state index contributed by atoms with van der Waals surface area (Å²) in [5.74, 6) is -1.09. The van der Waals surface area contributed by atoms with Gasteiger partial charge in [-0.15, -0.1) is 0 Å². The number of nitrogens with one attached hydrogen (secondary N) is 1. The molecule has 0 saturated heterocycles. The molecule has 0 spiro atoms. The Morgan fingerprint density at radius 3 is 2.24 bits per heavy atom. The number of esters is 1. The monoisotopic (exact) mass is 345 g/mol. The second-order valence-electron chi connectivity index (χ2n) is 7.72. The Balaban J connectivity index is 1.77. The summed E-state index contributed by atoms with van der Waals surface area (Å²) in [6, 6.07) is 7.13. The SMILES string of the molecule is CC(C)(C)c1ccc(C(=O)NC(=O)COC(=O)CC2CCCC2)cc1. The summed E-state index contributed by atoms with van der Waals surface area (Å²) >= 11 is 0. The van der Waals surface area contributed by atoms with Crippen molar-refractivity contribution in [3.05, 3.63) is 35.4 Å². The van der Waals surface area contributed by atoms with E-state index in [9.17, 15) is 14.4 Å². The minimum absolute atomic E-state index is 0.00164. The quantitative estimate of drug-likeness (QED) is 0.831. The summed E-state index contributed by atoms with van der Waals surface area (Å²) in [6.07, 6.45) is 4.76. The van der Waals surface area contributed by atoms with E-state index in [4.69, 9.17) is 4.74 Å². The van der Waals surface area contributed by atoms with Crippen LogP contribution in [0.15, 0.2) is 24.3 Å². The summed E-state index contributed by atoms with van der Waals surface area (Å²) in [6.45, 7) is 5.85. The molecule has 0 aliphatic heterocycles. The number of amides is 2. The van der Waals surface area contributed by atoms with E-state index in [1.165, 1.54) is 0 Å². The Bertz CT molecular complexity index is 622. The molecule has 0 unspecified atom stereocenters. The Morgan fingerprint density at radius 1 is 1.08 bits per heavy atom. The molecule has 2 rings (SSSR count). The standard InChI is InChI=1S/C20H27NO4/c1-20(2,3)16-10-8-15(9-11-16)19(24)21-17(22)13-25-18(23)12-14-6-4-5-7-14/h8-11,14H,4-7,12-13H2,1-3H3,(H,21,22,24). The molecule has 136 valence electrons. The van der Waals surface area contributed by atoms with Gasteiger partial charge in [-0.3, -0.25) is 19.7 Å². The van der Waals surface area contributed by atoms with Crippen molar-refractivity contribution in [2.24, 2.45) is 5.92 Å². The Hall–Kier alpha value is -2.17. The first kappa shape index (κ1) is 19.2. The molecule has 1 aliphatic carbocycles. The number of ether oxygens (including phenoxy) is 1. The second-order valence-corrected chi connectivity index (χ2v) is 7.72. The molecule has 0 bridgehead atoms. The molecule has 25 heavy (non-hydrogen) atoms. The number of hydrogen-bond acceptors (Lipinski definition) is 4. The fourth-order valence-corrected chi connectivity index (χ4v) is 3.01. The fraction of sp³-hybridized carbons (Fsp3) is 0.550. The molecule has 1 fully saturated rings. The third-order valence-corrected chi connectivity index (χ3v) is 4.56. The van der Waals surface area contributed by atoms with Gasteiger partial charge in [0.2, 0.25) is 0 Å².